The lowest BCUT2D eigenvalue weighted by Crippen LogP contribution is -2.37. The number of hydrogen-bond acceptors (Lipinski definition) is 6. The minimum atomic E-state index is -2.70. The molecule has 12 heteroatoms. The number of nitrogens with zero attached hydrogens (tertiary/aromatic N) is 3. The van der Waals surface area contributed by atoms with Crippen LogP contribution < -0.4 is 15.5 Å². The van der Waals surface area contributed by atoms with E-state index in [-0.39, 0.29) is 44.9 Å². The molecular weight excluding hydrogens is 544 g/mol. The van der Waals surface area contributed by atoms with Crippen molar-refractivity contribution in [2.45, 2.75) is 38.2 Å². The third kappa shape index (κ3) is 6.89. The van der Waals surface area contributed by atoms with Crippen LogP contribution in [0.15, 0.2) is 48.7 Å². The highest BCUT2D eigenvalue weighted by molar-refractivity contribution is 6.31. The second-order valence-electron chi connectivity index (χ2n) is 9.89. The van der Waals surface area contributed by atoms with E-state index in [1.807, 2.05) is 0 Å². The lowest BCUT2D eigenvalue weighted by molar-refractivity contribution is -0.148. The lowest BCUT2D eigenvalue weighted by atomic mass is 10.1. The lowest BCUT2D eigenvalue weighted by Gasteiger charge is -2.22. The van der Waals surface area contributed by atoms with E-state index in [9.17, 15) is 23.2 Å². The van der Waals surface area contributed by atoms with Crippen LogP contribution in [0, 0.1) is 0 Å². The van der Waals surface area contributed by atoms with E-state index in [0.717, 1.165) is 0 Å². The van der Waals surface area contributed by atoms with Gasteiger partial charge in [0.2, 0.25) is 5.91 Å². The molecule has 2 N–H and O–H groups in total. The molecule has 1 unspecified atom stereocenters. The number of halogens is 3. The van der Waals surface area contributed by atoms with Crippen molar-refractivity contribution in [3.8, 4) is 0 Å². The van der Waals surface area contributed by atoms with Crippen molar-refractivity contribution in [2.75, 3.05) is 49.3 Å². The molecule has 0 spiro atoms. The van der Waals surface area contributed by atoms with Crippen molar-refractivity contribution >= 4 is 57.5 Å². The molecule has 0 saturated carbocycles. The van der Waals surface area contributed by atoms with Gasteiger partial charge >= 0.3 is 12.0 Å². The summed E-state index contributed by atoms with van der Waals surface area (Å²) in [5.74, 6) is -3.36. The number of carbonyl (C=O) groups is 3. The number of hydrogen-bond donors (Lipinski definition) is 2. The molecule has 1 aliphatic rings. The van der Waals surface area contributed by atoms with Crippen molar-refractivity contribution in [3.05, 3.63) is 53.7 Å². The van der Waals surface area contributed by atoms with Crippen LogP contribution in [0.25, 0.3) is 10.9 Å². The molecule has 1 aromatic heterocycles. The molecule has 214 valence electrons. The van der Waals surface area contributed by atoms with Gasteiger partial charge in [-0.25, -0.2) is 13.6 Å². The Hall–Kier alpha value is -3.70. The fraction of sp³-hybridized carbons (Fsp3) is 0.393. The normalized spacial score (nSPS) is 15.3. The molecule has 2 heterocycles. The predicted octanol–water partition coefficient (Wildman–Crippen LogP) is 5.70. The molecular formula is C28H32ClF2N5O4. The Morgan fingerprint density at radius 1 is 1.12 bits per heavy atom. The van der Waals surface area contributed by atoms with Crippen LogP contribution in [-0.2, 0) is 9.53 Å². The summed E-state index contributed by atoms with van der Waals surface area (Å²) in [7, 11) is 3.50. The minimum absolute atomic E-state index is 0.0645. The molecule has 2 amide bonds. The fourth-order valence-electron chi connectivity index (χ4n) is 4.71. The van der Waals surface area contributed by atoms with E-state index in [4.69, 9.17) is 16.3 Å². The van der Waals surface area contributed by atoms with E-state index in [0.29, 0.717) is 33.0 Å². The van der Waals surface area contributed by atoms with Gasteiger partial charge in [0.05, 0.1) is 24.4 Å². The standard InChI is InChI=1S/C28H32ClF2N5O4/c1-4-40-26(38)24(34(2)3)11-12-25(37)36-16-22(21-15-18(29)5-10-23(21)36)33-27(39)32-19-6-8-20(9-7-19)35-14-13-28(30,31)17-35/h5-10,15-16,24H,4,11-14,17H2,1-3H3,(H2,32,33,39). The number of rotatable bonds is 9. The largest absolute Gasteiger partial charge is 0.465 e. The Bertz CT molecular complexity index is 1390. The van der Waals surface area contributed by atoms with Gasteiger partial charge in [0, 0.05) is 47.4 Å². The number of aromatic nitrogens is 1. The number of likely N-dealkylation sites (N-methyl/N-ethyl adjacent to an activating group) is 1. The van der Waals surface area contributed by atoms with Crippen molar-refractivity contribution in [1.82, 2.24) is 9.47 Å². The summed E-state index contributed by atoms with van der Waals surface area (Å²) in [5, 5.41) is 6.47. The van der Waals surface area contributed by atoms with Crippen LogP contribution in [-0.4, -0.2) is 73.1 Å². The van der Waals surface area contributed by atoms with Gasteiger partial charge in [-0.3, -0.25) is 19.1 Å². The molecule has 0 bridgehead atoms. The van der Waals surface area contributed by atoms with E-state index in [1.165, 1.54) is 10.8 Å². The van der Waals surface area contributed by atoms with Crippen LogP contribution in [0.4, 0.5) is 30.6 Å². The van der Waals surface area contributed by atoms with Gasteiger partial charge in [0.1, 0.15) is 6.04 Å². The van der Waals surface area contributed by atoms with Gasteiger partial charge in [0.15, 0.2) is 0 Å². The maximum Gasteiger partial charge on any atom is 0.323 e. The Morgan fingerprint density at radius 2 is 1.85 bits per heavy atom. The zero-order valence-electron chi connectivity index (χ0n) is 22.5. The monoisotopic (exact) mass is 575 g/mol. The van der Waals surface area contributed by atoms with Gasteiger partial charge in [-0.15, -0.1) is 0 Å². The molecule has 0 aliphatic carbocycles. The SMILES string of the molecule is CCOC(=O)C(CCC(=O)n1cc(NC(=O)Nc2ccc(N3CCC(F)(F)C3)cc2)c2cc(Cl)ccc21)N(C)C. The summed E-state index contributed by atoms with van der Waals surface area (Å²) in [6, 6.07) is 10.5. The zero-order chi connectivity index (χ0) is 29.0. The van der Waals surface area contributed by atoms with Crippen LogP contribution in [0.5, 0.6) is 0 Å². The first kappa shape index (κ1) is 29.3. The fourth-order valence-corrected chi connectivity index (χ4v) is 4.88. The molecule has 1 atom stereocenters. The number of nitrogens with one attached hydrogen (secondary N) is 2. The quantitative estimate of drug-likeness (QED) is 0.318. The number of fused-ring (bicyclic) bond motifs is 1. The molecule has 4 rings (SSSR count). The summed E-state index contributed by atoms with van der Waals surface area (Å²) in [6.45, 7) is 1.91. The number of alkyl halides is 2. The molecule has 40 heavy (non-hydrogen) atoms. The Kier molecular flexibility index (Phi) is 8.95. The van der Waals surface area contributed by atoms with Crippen molar-refractivity contribution in [1.29, 1.82) is 0 Å². The number of urea groups is 1. The van der Waals surface area contributed by atoms with Crippen LogP contribution in [0.2, 0.25) is 5.02 Å². The summed E-state index contributed by atoms with van der Waals surface area (Å²) in [6.07, 6.45) is 1.66. The van der Waals surface area contributed by atoms with Crippen LogP contribution in [0.3, 0.4) is 0 Å². The van der Waals surface area contributed by atoms with Gasteiger partial charge in [0.25, 0.3) is 5.92 Å². The van der Waals surface area contributed by atoms with Gasteiger partial charge < -0.3 is 20.3 Å². The molecule has 1 saturated heterocycles. The maximum atomic E-state index is 13.5. The van der Waals surface area contributed by atoms with E-state index < -0.39 is 24.0 Å². The van der Waals surface area contributed by atoms with E-state index in [2.05, 4.69) is 10.6 Å². The molecule has 9 nitrogen and oxygen atoms in total. The van der Waals surface area contributed by atoms with E-state index >= 15 is 0 Å². The highest BCUT2D eigenvalue weighted by Crippen LogP contribution is 2.32. The number of carbonyl (C=O) groups excluding carboxylic acids is 3. The Morgan fingerprint density at radius 3 is 2.48 bits per heavy atom. The second-order valence-corrected chi connectivity index (χ2v) is 10.3. The topological polar surface area (TPSA) is 95.9 Å². The molecule has 1 fully saturated rings. The first-order valence-electron chi connectivity index (χ1n) is 12.9. The highest BCUT2D eigenvalue weighted by atomic mass is 35.5. The third-order valence-electron chi connectivity index (χ3n) is 6.76. The number of esters is 1. The Balaban J connectivity index is 1.46. The predicted molar refractivity (Wildman–Crippen MR) is 152 cm³/mol. The van der Waals surface area contributed by atoms with Gasteiger partial charge in [-0.2, -0.15) is 0 Å². The maximum absolute atomic E-state index is 13.5. The summed E-state index contributed by atoms with van der Waals surface area (Å²) >= 11 is 6.20. The average molecular weight is 576 g/mol. The summed E-state index contributed by atoms with van der Waals surface area (Å²) in [5.41, 5.74) is 2.04. The Labute approximate surface area is 236 Å². The first-order valence-corrected chi connectivity index (χ1v) is 13.3. The smallest absolute Gasteiger partial charge is 0.323 e. The van der Waals surface area contributed by atoms with Crippen molar-refractivity contribution in [2.24, 2.45) is 0 Å². The number of benzene rings is 2. The second kappa shape index (κ2) is 12.2. The zero-order valence-corrected chi connectivity index (χ0v) is 23.3. The third-order valence-corrected chi connectivity index (χ3v) is 6.99. The van der Waals surface area contributed by atoms with Gasteiger partial charge in [-0.1, -0.05) is 11.6 Å². The van der Waals surface area contributed by atoms with Crippen LogP contribution >= 0.6 is 11.6 Å². The van der Waals surface area contributed by atoms with Crippen LogP contribution in [0.1, 0.15) is 31.0 Å². The molecule has 1 aliphatic heterocycles. The van der Waals surface area contributed by atoms with Gasteiger partial charge in [-0.05, 0) is 69.9 Å². The van der Waals surface area contributed by atoms with Crippen molar-refractivity contribution < 1.29 is 27.9 Å². The molecule has 2 aromatic carbocycles. The first-order chi connectivity index (χ1) is 19.0. The number of amides is 2. The number of ether oxygens (including phenoxy) is 1. The number of anilines is 3. The molecule has 3 aromatic rings. The molecule has 0 radical (unpaired) electrons. The highest BCUT2D eigenvalue weighted by Gasteiger charge is 2.38. The average Bonchev–Trinajstić information content (AvgIpc) is 3.43. The summed E-state index contributed by atoms with van der Waals surface area (Å²) in [4.78, 5) is 41.6. The van der Waals surface area contributed by atoms with E-state index in [1.54, 1.807) is 73.3 Å². The summed E-state index contributed by atoms with van der Waals surface area (Å²) < 4.78 is 33.6. The minimum Gasteiger partial charge on any atom is -0.465 e. The van der Waals surface area contributed by atoms with Crippen molar-refractivity contribution in [3.63, 3.8) is 0 Å².